The molecule has 7 heteroatoms. The SMILES string of the molecule is CCCCC(=O)Nc1cccc(C(F)(F)F)c1C(=O)O. The summed E-state index contributed by atoms with van der Waals surface area (Å²) in [5.41, 5.74) is -2.56. The number of carbonyl (C=O) groups is 2. The number of amides is 1. The highest BCUT2D eigenvalue weighted by atomic mass is 19.4. The zero-order chi connectivity index (χ0) is 15.3. The van der Waals surface area contributed by atoms with Gasteiger partial charge in [-0.15, -0.1) is 0 Å². The molecule has 110 valence electrons. The summed E-state index contributed by atoms with van der Waals surface area (Å²) >= 11 is 0. The zero-order valence-corrected chi connectivity index (χ0v) is 10.8. The summed E-state index contributed by atoms with van der Waals surface area (Å²) in [5, 5.41) is 11.2. The van der Waals surface area contributed by atoms with Crippen LogP contribution in [0.15, 0.2) is 18.2 Å². The number of alkyl halides is 3. The molecule has 0 aromatic heterocycles. The minimum atomic E-state index is -4.79. The second-order valence-electron chi connectivity index (χ2n) is 4.18. The molecule has 1 amide bonds. The summed E-state index contributed by atoms with van der Waals surface area (Å²) in [6.45, 7) is 1.86. The number of carboxylic acids is 1. The first-order valence-corrected chi connectivity index (χ1v) is 6.00. The summed E-state index contributed by atoms with van der Waals surface area (Å²) in [6.07, 6.45) is -3.33. The molecule has 4 nitrogen and oxygen atoms in total. The van der Waals surface area contributed by atoms with Gasteiger partial charge in [-0.1, -0.05) is 19.4 Å². The van der Waals surface area contributed by atoms with E-state index in [1.165, 1.54) is 0 Å². The molecule has 0 atom stereocenters. The number of halogens is 3. The van der Waals surface area contributed by atoms with Gasteiger partial charge in [0.25, 0.3) is 0 Å². The fourth-order valence-corrected chi connectivity index (χ4v) is 1.67. The number of anilines is 1. The number of unbranched alkanes of at least 4 members (excludes halogenated alkanes) is 1. The fraction of sp³-hybridized carbons (Fsp3) is 0.385. The van der Waals surface area contributed by atoms with Crippen LogP contribution in [-0.4, -0.2) is 17.0 Å². The molecular formula is C13H14F3NO3. The van der Waals surface area contributed by atoms with Gasteiger partial charge in [-0.2, -0.15) is 13.2 Å². The standard InChI is InChI=1S/C13H14F3NO3/c1-2-3-7-10(18)17-9-6-4-5-8(13(14,15)16)11(9)12(19)20/h4-6H,2-3,7H2,1H3,(H,17,18)(H,19,20). The number of hydrogen-bond acceptors (Lipinski definition) is 2. The highest BCUT2D eigenvalue weighted by Gasteiger charge is 2.36. The first kappa shape index (κ1) is 16.0. The van der Waals surface area contributed by atoms with Gasteiger partial charge in [0.2, 0.25) is 5.91 Å². The van der Waals surface area contributed by atoms with Crippen molar-refractivity contribution in [2.24, 2.45) is 0 Å². The van der Waals surface area contributed by atoms with Crippen LogP contribution in [0.1, 0.15) is 42.1 Å². The minimum Gasteiger partial charge on any atom is -0.478 e. The summed E-state index contributed by atoms with van der Waals surface area (Å²) in [4.78, 5) is 22.6. The predicted octanol–water partition coefficient (Wildman–Crippen LogP) is 3.53. The van der Waals surface area contributed by atoms with E-state index in [1.54, 1.807) is 0 Å². The Morgan fingerprint density at radius 1 is 1.30 bits per heavy atom. The molecule has 1 rings (SSSR count). The molecule has 2 N–H and O–H groups in total. The lowest BCUT2D eigenvalue weighted by Crippen LogP contribution is -2.18. The van der Waals surface area contributed by atoms with Crippen LogP contribution >= 0.6 is 0 Å². The molecule has 0 bridgehead atoms. The van der Waals surface area contributed by atoms with Gasteiger partial charge in [0.15, 0.2) is 0 Å². The van der Waals surface area contributed by atoms with Gasteiger partial charge in [0.1, 0.15) is 0 Å². The molecule has 1 aromatic rings. The van der Waals surface area contributed by atoms with Crippen molar-refractivity contribution in [3.05, 3.63) is 29.3 Å². The van der Waals surface area contributed by atoms with E-state index in [0.717, 1.165) is 18.6 Å². The average Bonchev–Trinajstić information content (AvgIpc) is 2.34. The molecule has 0 heterocycles. The molecule has 0 radical (unpaired) electrons. The first-order valence-electron chi connectivity index (χ1n) is 6.00. The van der Waals surface area contributed by atoms with Gasteiger partial charge >= 0.3 is 12.1 Å². The van der Waals surface area contributed by atoms with E-state index in [0.29, 0.717) is 12.5 Å². The Balaban J connectivity index is 3.14. The number of rotatable bonds is 5. The van der Waals surface area contributed by atoms with Crippen LogP contribution in [0.2, 0.25) is 0 Å². The van der Waals surface area contributed by atoms with E-state index in [4.69, 9.17) is 5.11 Å². The van der Waals surface area contributed by atoms with Gasteiger partial charge in [0.05, 0.1) is 16.8 Å². The third-order valence-corrected chi connectivity index (χ3v) is 2.62. The van der Waals surface area contributed by atoms with Crippen LogP contribution in [0.5, 0.6) is 0 Å². The quantitative estimate of drug-likeness (QED) is 0.871. The van der Waals surface area contributed by atoms with Crippen LogP contribution in [0.4, 0.5) is 18.9 Å². The van der Waals surface area contributed by atoms with E-state index in [2.05, 4.69) is 5.32 Å². The first-order chi connectivity index (χ1) is 9.27. The van der Waals surface area contributed by atoms with Crippen LogP contribution < -0.4 is 5.32 Å². The summed E-state index contributed by atoms with van der Waals surface area (Å²) < 4.78 is 38.3. The van der Waals surface area contributed by atoms with Crippen molar-refractivity contribution in [1.29, 1.82) is 0 Å². The minimum absolute atomic E-state index is 0.131. The normalized spacial score (nSPS) is 11.2. The maximum atomic E-state index is 12.8. The number of hydrogen-bond donors (Lipinski definition) is 2. The number of carbonyl (C=O) groups excluding carboxylic acids is 1. The molecule has 0 aliphatic rings. The Kier molecular flexibility index (Phi) is 5.12. The number of nitrogens with one attached hydrogen (secondary N) is 1. The lowest BCUT2D eigenvalue weighted by Gasteiger charge is -2.14. The van der Waals surface area contributed by atoms with Crippen molar-refractivity contribution in [3.8, 4) is 0 Å². The Hall–Kier alpha value is -2.05. The van der Waals surface area contributed by atoms with Crippen LogP contribution in [-0.2, 0) is 11.0 Å². The third kappa shape index (κ3) is 3.97. The monoisotopic (exact) mass is 289 g/mol. The summed E-state index contributed by atoms with van der Waals surface area (Å²) in [6, 6.07) is 2.87. The van der Waals surface area contributed by atoms with Crippen molar-refractivity contribution in [2.75, 3.05) is 5.32 Å². The highest BCUT2D eigenvalue weighted by Crippen LogP contribution is 2.35. The van der Waals surface area contributed by atoms with E-state index < -0.39 is 29.2 Å². The molecule has 0 fully saturated rings. The van der Waals surface area contributed by atoms with Gasteiger partial charge in [-0.3, -0.25) is 4.79 Å². The predicted molar refractivity (Wildman–Crippen MR) is 66.6 cm³/mol. The molecule has 0 spiro atoms. The molecule has 1 aromatic carbocycles. The Morgan fingerprint density at radius 3 is 2.45 bits per heavy atom. The molecule has 0 saturated heterocycles. The lowest BCUT2D eigenvalue weighted by atomic mass is 10.0. The van der Waals surface area contributed by atoms with Crippen molar-refractivity contribution >= 4 is 17.6 Å². The maximum Gasteiger partial charge on any atom is 0.417 e. The van der Waals surface area contributed by atoms with E-state index in [-0.39, 0.29) is 12.1 Å². The Labute approximate surface area is 113 Å². The van der Waals surface area contributed by atoms with Crippen molar-refractivity contribution < 1.29 is 27.9 Å². The summed E-state index contributed by atoms with van der Waals surface area (Å²) in [5.74, 6) is -2.24. The van der Waals surface area contributed by atoms with Crippen molar-refractivity contribution in [3.63, 3.8) is 0 Å². The topological polar surface area (TPSA) is 66.4 Å². The fourth-order valence-electron chi connectivity index (χ4n) is 1.67. The molecule has 20 heavy (non-hydrogen) atoms. The highest BCUT2D eigenvalue weighted by molar-refractivity contribution is 6.01. The van der Waals surface area contributed by atoms with E-state index in [9.17, 15) is 22.8 Å². The van der Waals surface area contributed by atoms with Crippen molar-refractivity contribution in [2.45, 2.75) is 32.4 Å². The van der Waals surface area contributed by atoms with Crippen LogP contribution in [0.3, 0.4) is 0 Å². The van der Waals surface area contributed by atoms with Gasteiger partial charge in [-0.05, 0) is 18.6 Å². The Morgan fingerprint density at radius 2 is 1.95 bits per heavy atom. The van der Waals surface area contributed by atoms with Crippen LogP contribution in [0.25, 0.3) is 0 Å². The van der Waals surface area contributed by atoms with Crippen LogP contribution in [0, 0.1) is 0 Å². The van der Waals surface area contributed by atoms with Crippen molar-refractivity contribution in [1.82, 2.24) is 0 Å². The van der Waals surface area contributed by atoms with E-state index in [1.807, 2.05) is 6.92 Å². The second-order valence-corrected chi connectivity index (χ2v) is 4.18. The lowest BCUT2D eigenvalue weighted by molar-refractivity contribution is -0.138. The number of benzene rings is 1. The van der Waals surface area contributed by atoms with Gasteiger partial charge < -0.3 is 10.4 Å². The summed E-state index contributed by atoms with van der Waals surface area (Å²) in [7, 11) is 0. The average molecular weight is 289 g/mol. The largest absolute Gasteiger partial charge is 0.478 e. The number of aromatic carboxylic acids is 1. The molecule has 0 unspecified atom stereocenters. The molecular weight excluding hydrogens is 275 g/mol. The molecule has 0 aliphatic carbocycles. The number of carboxylic acid groups (broad SMARTS) is 1. The van der Waals surface area contributed by atoms with E-state index >= 15 is 0 Å². The zero-order valence-electron chi connectivity index (χ0n) is 10.8. The van der Waals surface area contributed by atoms with Gasteiger partial charge in [0, 0.05) is 6.42 Å². The molecule has 0 aliphatic heterocycles. The molecule has 0 saturated carbocycles. The maximum absolute atomic E-state index is 12.8. The van der Waals surface area contributed by atoms with Gasteiger partial charge in [-0.25, -0.2) is 4.79 Å². The third-order valence-electron chi connectivity index (χ3n) is 2.62. The second kappa shape index (κ2) is 6.40. The smallest absolute Gasteiger partial charge is 0.417 e. The Bertz CT molecular complexity index is 512.